The van der Waals surface area contributed by atoms with E-state index in [0.717, 1.165) is 41.3 Å². The number of carbonyl (C=O) groups is 1. The van der Waals surface area contributed by atoms with Gasteiger partial charge in [-0.1, -0.05) is 41.6 Å². The molecule has 6 rings (SSSR count). The lowest BCUT2D eigenvalue weighted by atomic mass is 9.85. The van der Waals surface area contributed by atoms with Crippen molar-refractivity contribution in [1.29, 1.82) is 0 Å². The summed E-state index contributed by atoms with van der Waals surface area (Å²) >= 11 is 0. The van der Waals surface area contributed by atoms with Gasteiger partial charge >= 0.3 is 0 Å². The van der Waals surface area contributed by atoms with Crippen LogP contribution in [0.4, 0.5) is 0 Å². The Morgan fingerprint density at radius 1 is 0.929 bits per heavy atom. The Bertz CT molecular complexity index is 1020. The van der Waals surface area contributed by atoms with Gasteiger partial charge < -0.3 is 14.2 Å². The highest BCUT2D eigenvalue weighted by Gasteiger charge is 2.42. The molecule has 140 valence electrons. The summed E-state index contributed by atoms with van der Waals surface area (Å²) < 4.78 is 11.4. The first kappa shape index (κ1) is 15.9. The molecule has 3 heterocycles. The molecule has 2 aromatic carbocycles. The number of nitrogens with zero attached hydrogens (tertiary/aromatic N) is 3. The van der Waals surface area contributed by atoms with Crippen molar-refractivity contribution in [2.24, 2.45) is 0 Å². The minimum absolute atomic E-state index is 0.0985. The minimum atomic E-state index is -0.341. The van der Waals surface area contributed by atoms with Crippen molar-refractivity contribution in [3.05, 3.63) is 71.4 Å². The van der Waals surface area contributed by atoms with E-state index in [9.17, 15) is 4.79 Å². The van der Waals surface area contributed by atoms with Crippen LogP contribution in [0.15, 0.2) is 53.1 Å². The van der Waals surface area contributed by atoms with Crippen molar-refractivity contribution in [3.63, 3.8) is 0 Å². The number of amides is 1. The third-order valence-corrected chi connectivity index (χ3v) is 5.87. The number of carbonyl (C=O) groups excluding carboxylic acids is 1. The summed E-state index contributed by atoms with van der Waals surface area (Å²) in [7, 11) is 0. The Hall–Kier alpha value is -3.15. The van der Waals surface area contributed by atoms with Crippen LogP contribution >= 0.6 is 0 Å². The Kier molecular flexibility index (Phi) is 3.36. The average molecular weight is 373 g/mol. The molecule has 6 heteroatoms. The molecular formula is C22H19N3O3. The van der Waals surface area contributed by atoms with Crippen molar-refractivity contribution in [2.45, 2.75) is 30.6 Å². The van der Waals surface area contributed by atoms with E-state index < -0.39 is 0 Å². The molecule has 0 spiro atoms. The third kappa shape index (κ3) is 2.44. The van der Waals surface area contributed by atoms with Gasteiger partial charge in [-0.2, -0.15) is 4.98 Å². The fraction of sp³-hybridized carbons (Fsp3) is 0.318. The van der Waals surface area contributed by atoms with Gasteiger partial charge in [0.1, 0.15) is 11.5 Å². The van der Waals surface area contributed by atoms with Gasteiger partial charge in [-0.3, -0.25) is 4.79 Å². The zero-order valence-corrected chi connectivity index (χ0v) is 15.2. The van der Waals surface area contributed by atoms with Gasteiger partial charge in [0.2, 0.25) is 11.8 Å². The highest BCUT2D eigenvalue weighted by molar-refractivity contribution is 5.90. The Morgan fingerprint density at radius 3 is 2.21 bits per heavy atom. The number of rotatable bonds is 3. The fourth-order valence-corrected chi connectivity index (χ4v) is 4.09. The van der Waals surface area contributed by atoms with Crippen LogP contribution < -0.4 is 4.74 Å². The lowest BCUT2D eigenvalue weighted by Gasteiger charge is -2.40. The van der Waals surface area contributed by atoms with E-state index in [1.807, 2.05) is 53.4 Å². The van der Waals surface area contributed by atoms with Gasteiger partial charge in [0.25, 0.3) is 0 Å². The van der Waals surface area contributed by atoms with Gasteiger partial charge in [0.05, 0.1) is 11.8 Å². The van der Waals surface area contributed by atoms with E-state index in [1.165, 1.54) is 0 Å². The second-order valence-electron chi connectivity index (χ2n) is 7.82. The topological polar surface area (TPSA) is 68.5 Å². The smallest absolute Gasteiger partial charge is 0.234 e. The van der Waals surface area contributed by atoms with E-state index in [1.54, 1.807) is 0 Å². The Morgan fingerprint density at radius 2 is 1.57 bits per heavy atom. The Balaban J connectivity index is 1.25. The molecule has 0 unspecified atom stereocenters. The third-order valence-electron chi connectivity index (χ3n) is 5.87. The van der Waals surface area contributed by atoms with Gasteiger partial charge in [0.15, 0.2) is 5.82 Å². The summed E-state index contributed by atoms with van der Waals surface area (Å²) in [6.45, 7) is 1.24. The van der Waals surface area contributed by atoms with Crippen molar-refractivity contribution in [3.8, 4) is 11.5 Å². The zero-order valence-electron chi connectivity index (χ0n) is 15.2. The predicted molar refractivity (Wildman–Crippen MR) is 100 cm³/mol. The summed E-state index contributed by atoms with van der Waals surface area (Å²) in [6, 6.07) is 15.6. The van der Waals surface area contributed by atoms with E-state index in [-0.39, 0.29) is 17.7 Å². The lowest BCUT2D eigenvalue weighted by Crippen LogP contribution is -2.50. The normalized spacial score (nSPS) is 18.8. The average Bonchev–Trinajstić information content (AvgIpc) is 3.43. The van der Waals surface area contributed by atoms with Gasteiger partial charge in [-0.15, -0.1) is 0 Å². The van der Waals surface area contributed by atoms with Crippen molar-refractivity contribution >= 4 is 5.91 Å². The van der Waals surface area contributed by atoms with Crippen molar-refractivity contribution < 1.29 is 14.1 Å². The van der Waals surface area contributed by atoms with Crippen LogP contribution in [-0.4, -0.2) is 34.0 Å². The number of fused-ring (bicyclic) bond motifs is 2. The number of benzene rings is 2. The highest BCUT2D eigenvalue weighted by Crippen LogP contribution is 2.46. The number of para-hydroxylation sites is 2. The molecule has 3 aliphatic rings. The number of hydrogen-bond acceptors (Lipinski definition) is 5. The van der Waals surface area contributed by atoms with Gasteiger partial charge in [-0.05, 0) is 25.0 Å². The molecule has 0 N–H and O–H groups in total. The largest absolute Gasteiger partial charge is 0.457 e. The molecule has 1 aliphatic carbocycles. The molecule has 28 heavy (non-hydrogen) atoms. The van der Waals surface area contributed by atoms with E-state index in [4.69, 9.17) is 9.26 Å². The quantitative estimate of drug-likeness (QED) is 0.698. The minimum Gasteiger partial charge on any atom is -0.457 e. The van der Waals surface area contributed by atoms with Gasteiger partial charge in [-0.25, -0.2) is 0 Å². The number of ether oxygens (including phenoxy) is 1. The van der Waals surface area contributed by atoms with Crippen LogP contribution in [0.2, 0.25) is 0 Å². The SMILES string of the molecule is O=C(C1c2ccccc2Oc2ccccc21)N1CC(c2nc(C3CC3)no2)C1. The summed E-state index contributed by atoms with van der Waals surface area (Å²) in [5, 5.41) is 4.09. The van der Waals surface area contributed by atoms with Crippen LogP contribution in [0.5, 0.6) is 11.5 Å². The maximum Gasteiger partial charge on any atom is 0.234 e. The lowest BCUT2D eigenvalue weighted by molar-refractivity contribution is -0.136. The molecular weight excluding hydrogens is 354 g/mol. The molecule has 0 atom stereocenters. The fourth-order valence-electron chi connectivity index (χ4n) is 4.09. The molecule has 0 bridgehead atoms. The maximum absolute atomic E-state index is 13.4. The van der Waals surface area contributed by atoms with Crippen LogP contribution in [0.25, 0.3) is 0 Å². The van der Waals surface area contributed by atoms with E-state index in [2.05, 4.69) is 10.1 Å². The van der Waals surface area contributed by atoms with Crippen molar-refractivity contribution in [1.82, 2.24) is 15.0 Å². The first-order valence-corrected chi connectivity index (χ1v) is 9.76. The van der Waals surface area contributed by atoms with E-state index >= 15 is 0 Å². The molecule has 6 nitrogen and oxygen atoms in total. The molecule has 1 saturated heterocycles. The molecule has 2 fully saturated rings. The maximum atomic E-state index is 13.4. The standard InChI is InChI=1S/C22H19N3O3/c26-22(25-11-14(12-25)21-23-20(24-28-21)13-9-10-13)19-15-5-1-3-7-17(15)27-18-8-4-2-6-16(18)19/h1-8,13-14,19H,9-12H2. The molecule has 1 saturated carbocycles. The number of hydrogen-bond donors (Lipinski definition) is 0. The highest BCUT2D eigenvalue weighted by atomic mass is 16.5. The first-order valence-electron chi connectivity index (χ1n) is 9.76. The first-order chi connectivity index (χ1) is 13.8. The van der Waals surface area contributed by atoms with Crippen LogP contribution in [0.3, 0.4) is 0 Å². The van der Waals surface area contributed by atoms with Crippen molar-refractivity contribution in [2.75, 3.05) is 13.1 Å². The molecule has 1 aromatic heterocycles. The zero-order chi connectivity index (χ0) is 18.7. The molecule has 0 radical (unpaired) electrons. The number of aromatic nitrogens is 2. The summed E-state index contributed by atoms with van der Waals surface area (Å²) in [5.41, 5.74) is 1.84. The summed E-state index contributed by atoms with van der Waals surface area (Å²) in [6.07, 6.45) is 2.30. The number of likely N-dealkylation sites (tertiary alicyclic amines) is 1. The Labute approximate surface area is 162 Å². The van der Waals surface area contributed by atoms with Crippen LogP contribution in [0.1, 0.15) is 53.4 Å². The molecule has 2 aliphatic heterocycles. The van der Waals surface area contributed by atoms with Crippen LogP contribution in [-0.2, 0) is 4.79 Å². The molecule has 1 amide bonds. The van der Waals surface area contributed by atoms with Crippen LogP contribution in [0, 0.1) is 0 Å². The summed E-state index contributed by atoms with van der Waals surface area (Å²) in [4.78, 5) is 19.8. The monoisotopic (exact) mass is 373 g/mol. The predicted octanol–water partition coefficient (Wildman–Crippen LogP) is 3.81. The second-order valence-corrected chi connectivity index (χ2v) is 7.82. The van der Waals surface area contributed by atoms with E-state index in [0.29, 0.717) is 24.9 Å². The second kappa shape index (κ2) is 5.92. The summed E-state index contributed by atoms with van der Waals surface area (Å²) in [5.74, 6) is 3.36. The van der Waals surface area contributed by atoms with Gasteiger partial charge in [0, 0.05) is 30.1 Å². The molecule has 3 aromatic rings.